The molecule has 0 atom stereocenters. The van der Waals surface area contributed by atoms with Crippen LogP contribution in [0.25, 0.3) is 0 Å². The van der Waals surface area contributed by atoms with Crippen molar-refractivity contribution >= 4 is 11.8 Å². The van der Waals surface area contributed by atoms with Gasteiger partial charge in [0.25, 0.3) is 0 Å². The van der Waals surface area contributed by atoms with E-state index in [4.69, 9.17) is 0 Å². The van der Waals surface area contributed by atoms with Gasteiger partial charge in [-0.15, -0.1) is 0 Å². The molecule has 112 valence electrons. The highest BCUT2D eigenvalue weighted by Crippen LogP contribution is 2.32. The maximum Gasteiger partial charge on any atom is 0.422 e. The minimum absolute atomic E-state index is 0.252. The SMILES string of the molecule is Cc1ccc(C(F)(F)F)cc1NC(=O)OCC(F)(F)F. The summed E-state index contributed by atoms with van der Waals surface area (Å²) in [5, 5.41) is 1.83. The molecule has 0 aromatic heterocycles. The van der Waals surface area contributed by atoms with Crippen LogP contribution in [0.4, 0.5) is 36.8 Å². The largest absolute Gasteiger partial charge is 0.440 e. The van der Waals surface area contributed by atoms with Gasteiger partial charge < -0.3 is 4.74 Å². The zero-order valence-corrected chi connectivity index (χ0v) is 10.0. The molecule has 9 heteroatoms. The Morgan fingerprint density at radius 3 is 2.30 bits per heavy atom. The lowest BCUT2D eigenvalue weighted by Crippen LogP contribution is -2.23. The lowest BCUT2D eigenvalue weighted by molar-refractivity contribution is -0.159. The summed E-state index contributed by atoms with van der Waals surface area (Å²) in [7, 11) is 0. The maximum absolute atomic E-state index is 12.4. The smallest absolute Gasteiger partial charge is 0.422 e. The molecule has 0 unspecified atom stereocenters. The van der Waals surface area contributed by atoms with Gasteiger partial charge in [-0.1, -0.05) is 6.07 Å². The molecule has 1 rings (SSSR count). The highest BCUT2D eigenvalue weighted by molar-refractivity contribution is 5.85. The van der Waals surface area contributed by atoms with Crippen LogP contribution < -0.4 is 5.32 Å². The van der Waals surface area contributed by atoms with Crippen LogP contribution in [-0.4, -0.2) is 18.9 Å². The molecule has 0 bridgehead atoms. The third-order valence-electron chi connectivity index (χ3n) is 2.17. The second-order valence-electron chi connectivity index (χ2n) is 3.84. The first-order chi connectivity index (χ1) is 8.99. The Morgan fingerprint density at radius 2 is 1.80 bits per heavy atom. The van der Waals surface area contributed by atoms with E-state index in [1.165, 1.54) is 6.92 Å². The molecule has 0 fully saturated rings. The van der Waals surface area contributed by atoms with Crippen molar-refractivity contribution in [1.82, 2.24) is 0 Å². The number of ether oxygens (including phenoxy) is 1. The number of halogens is 6. The number of amides is 1. The van der Waals surface area contributed by atoms with Gasteiger partial charge in [-0.25, -0.2) is 4.79 Å². The van der Waals surface area contributed by atoms with Crippen LogP contribution in [0.5, 0.6) is 0 Å². The molecule has 0 spiro atoms. The molecule has 0 saturated heterocycles. The summed E-state index contributed by atoms with van der Waals surface area (Å²) in [4.78, 5) is 11.1. The van der Waals surface area contributed by atoms with Gasteiger partial charge >= 0.3 is 18.4 Å². The van der Waals surface area contributed by atoms with E-state index in [-0.39, 0.29) is 11.3 Å². The zero-order chi connectivity index (χ0) is 15.6. The van der Waals surface area contributed by atoms with E-state index in [9.17, 15) is 31.1 Å². The number of benzene rings is 1. The van der Waals surface area contributed by atoms with E-state index in [1.54, 1.807) is 0 Å². The van der Waals surface area contributed by atoms with Gasteiger partial charge in [0.2, 0.25) is 0 Å². The second kappa shape index (κ2) is 5.59. The summed E-state index contributed by atoms with van der Waals surface area (Å²) in [6, 6.07) is 2.49. The average Bonchev–Trinajstić information content (AvgIpc) is 2.27. The third kappa shape index (κ3) is 4.98. The van der Waals surface area contributed by atoms with Gasteiger partial charge in [-0.3, -0.25) is 5.32 Å². The first kappa shape index (κ1) is 16.1. The molecule has 0 radical (unpaired) electrons. The number of hydrogen-bond donors (Lipinski definition) is 1. The molecular weight excluding hydrogens is 292 g/mol. The van der Waals surface area contributed by atoms with E-state index in [2.05, 4.69) is 4.74 Å². The van der Waals surface area contributed by atoms with Crippen molar-refractivity contribution in [1.29, 1.82) is 0 Å². The normalized spacial score (nSPS) is 12.2. The van der Waals surface area contributed by atoms with E-state index in [1.807, 2.05) is 5.32 Å². The molecule has 1 aromatic carbocycles. The summed E-state index contributed by atoms with van der Waals surface area (Å²) >= 11 is 0. The van der Waals surface area contributed by atoms with Crippen molar-refractivity contribution in [3.63, 3.8) is 0 Å². The first-order valence-corrected chi connectivity index (χ1v) is 5.17. The Bertz CT molecular complexity index is 495. The van der Waals surface area contributed by atoms with Gasteiger partial charge in [0.15, 0.2) is 6.61 Å². The quantitative estimate of drug-likeness (QED) is 0.834. The Kier molecular flexibility index (Phi) is 4.51. The lowest BCUT2D eigenvalue weighted by atomic mass is 10.1. The standard InChI is InChI=1S/C11H9F6NO2/c1-6-2-3-7(11(15,16)17)4-8(6)18-9(19)20-5-10(12,13)14/h2-4H,5H2,1H3,(H,18,19). The Balaban J connectivity index is 2.79. The number of carbonyl (C=O) groups is 1. The third-order valence-corrected chi connectivity index (χ3v) is 2.17. The number of alkyl halides is 6. The van der Waals surface area contributed by atoms with Crippen molar-refractivity contribution in [2.75, 3.05) is 11.9 Å². The zero-order valence-electron chi connectivity index (χ0n) is 10.0. The monoisotopic (exact) mass is 301 g/mol. The fourth-order valence-electron chi connectivity index (χ4n) is 1.23. The van der Waals surface area contributed by atoms with Crippen LogP contribution in [-0.2, 0) is 10.9 Å². The van der Waals surface area contributed by atoms with Crippen molar-refractivity contribution in [3.05, 3.63) is 29.3 Å². The van der Waals surface area contributed by atoms with Crippen molar-refractivity contribution in [3.8, 4) is 0 Å². The molecular formula is C11H9F6NO2. The van der Waals surface area contributed by atoms with E-state index >= 15 is 0 Å². The Morgan fingerprint density at radius 1 is 1.20 bits per heavy atom. The molecule has 1 N–H and O–H groups in total. The average molecular weight is 301 g/mol. The van der Waals surface area contributed by atoms with Crippen LogP contribution in [0.3, 0.4) is 0 Å². The highest BCUT2D eigenvalue weighted by Gasteiger charge is 2.32. The fourth-order valence-corrected chi connectivity index (χ4v) is 1.23. The van der Waals surface area contributed by atoms with Crippen LogP contribution in [0, 0.1) is 6.92 Å². The van der Waals surface area contributed by atoms with Crippen LogP contribution in [0.15, 0.2) is 18.2 Å². The number of hydrogen-bond acceptors (Lipinski definition) is 2. The van der Waals surface area contributed by atoms with Crippen LogP contribution in [0.1, 0.15) is 11.1 Å². The number of carbonyl (C=O) groups excluding carboxylic acids is 1. The van der Waals surface area contributed by atoms with Crippen LogP contribution >= 0.6 is 0 Å². The Labute approximate surface area is 109 Å². The van der Waals surface area contributed by atoms with E-state index in [0.29, 0.717) is 6.07 Å². The molecule has 0 aliphatic heterocycles. The van der Waals surface area contributed by atoms with E-state index < -0.39 is 30.6 Å². The molecule has 3 nitrogen and oxygen atoms in total. The highest BCUT2D eigenvalue weighted by atomic mass is 19.4. The number of nitrogens with one attached hydrogen (secondary N) is 1. The molecule has 1 amide bonds. The van der Waals surface area contributed by atoms with Gasteiger partial charge in [0.05, 0.1) is 5.56 Å². The topological polar surface area (TPSA) is 38.3 Å². The van der Waals surface area contributed by atoms with Crippen molar-refractivity contribution in [2.45, 2.75) is 19.3 Å². The summed E-state index contributed by atoms with van der Waals surface area (Å²) in [5.41, 5.74) is -1.05. The molecule has 0 aliphatic carbocycles. The molecule has 0 saturated carbocycles. The summed E-state index contributed by atoms with van der Waals surface area (Å²) < 4.78 is 76.6. The van der Waals surface area contributed by atoms with Crippen molar-refractivity contribution < 1.29 is 35.9 Å². The molecule has 1 aromatic rings. The number of aryl methyl sites for hydroxylation is 1. The summed E-state index contributed by atoms with van der Waals surface area (Å²) in [6.07, 6.45) is -10.8. The maximum atomic E-state index is 12.4. The van der Waals surface area contributed by atoms with E-state index in [0.717, 1.165) is 12.1 Å². The molecule has 20 heavy (non-hydrogen) atoms. The van der Waals surface area contributed by atoms with Gasteiger partial charge in [-0.05, 0) is 24.6 Å². The Hall–Kier alpha value is -1.93. The molecule has 0 heterocycles. The fraction of sp³-hybridized carbons (Fsp3) is 0.364. The number of anilines is 1. The molecule has 0 aliphatic rings. The predicted octanol–water partition coefficient (Wildman–Crippen LogP) is 4.12. The second-order valence-corrected chi connectivity index (χ2v) is 3.84. The van der Waals surface area contributed by atoms with Gasteiger partial charge in [0, 0.05) is 5.69 Å². The van der Waals surface area contributed by atoms with Gasteiger partial charge in [0.1, 0.15) is 0 Å². The minimum Gasteiger partial charge on any atom is -0.440 e. The first-order valence-electron chi connectivity index (χ1n) is 5.17. The lowest BCUT2D eigenvalue weighted by Gasteiger charge is -2.13. The van der Waals surface area contributed by atoms with Crippen LogP contribution in [0.2, 0.25) is 0 Å². The summed E-state index contributed by atoms with van der Waals surface area (Å²) in [5.74, 6) is 0. The van der Waals surface area contributed by atoms with Crippen molar-refractivity contribution in [2.24, 2.45) is 0 Å². The van der Waals surface area contributed by atoms with Gasteiger partial charge in [-0.2, -0.15) is 26.3 Å². The number of rotatable bonds is 2. The minimum atomic E-state index is -4.71. The predicted molar refractivity (Wildman–Crippen MR) is 57.2 cm³/mol. The summed E-state index contributed by atoms with van der Waals surface area (Å²) in [6.45, 7) is -0.434.